The van der Waals surface area contributed by atoms with Gasteiger partial charge in [0.05, 0.1) is 0 Å². The van der Waals surface area contributed by atoms with E-state index in [0.717, 1.165) is 16.7 Å². The Bertz CT molecular complexity index is 1290. The summed E-state index contributed by atoms with van der Waals surface area (Å²) in [5.41, 5.74) is 2.61. The van der Waals surface area contributed by atoms with E-state index in [0.29, 0.717) is 12.1 Å². The second-order valence-corrected chi connectivity index (χ2v) is 10.6. The van der Waals surface area contributed by atoms with Crippen LogP contribution in [0.5, 0.6) is 0 Å². The number of amides is 3. The largest absolute Gasteiger partial charge is 0.444 e. The highest BCUT2D eigenvalue weighted by Crippen LogP contribution is 2.26. The van der Waals surface area contributed by atoms with Crippen molar-refractivity contribution < 1.29 is 19.1 Å². The topological polar surface area (TPSA) is 87.7 Å². The molecule has 7 heteroatoms. The molecule has 0 aliphatic rings. The number of carbonyl (C=O) groups excluding carboxylic acids is 3. The molecule has 0 heterocycles. The van der Waals surface area contributed by atoms with Gasteiger partial charge in [-0.05, 0) is 49.9 Å². The Labute approximate surface area is 237 Å². The van der Waals surface area contributed by atoms with Crippen molar-refractivity contribution in [2.75, 3.05) is 6.54 Å². The molecular formula is C33H39N3O4. The van der Waals surface area contributed by atoms with E-state index in [9.17, 15) is 14.4 Å². The molecule has 3 aromatic rings. The third-order valence-corrected chi connectivity index (χ3v) is 6.23. The molecule has 0 bridgehead atoms. The number of ether oxygens (including phenoxy) is 1. The number of hydrogen-bond donors (Lipinski definition) is 2. The van der Waals surface area contributed by atoms with Crippen LogP contribution < -0.4 is 10.6 Å². The molecule has 0 aliphatic carbocycles. The van der Waals surface area contributed by atoms with E-state index in [1.165, 1.54) is 4.90 Å². The van der Waals surface area contributed by atoms with Gasteiger partial charge in [0, 0.05) is 19.5 Å². The maximum Gasteiger partial charge on any atom is 0.408 e. The lowest BCUT2D eigenvalue weighted by Crippen LogP contribution is -2.54. The number of rotatable bonds is 11. The lowest BCUT2D eigenvalue weighted by Gasteiger charge is -2.34. The number of aryl methyl sites for hydroxylation is 1. The molecule has 0 aliphatic heterocycles. The van der Waals surface area contributed by atoms with Crippen LogP contribution in [0.1, 0.15) is 49.1 Å². The van der Waals surface area contributed by atoms with Crippen LogP contribution in [0.2, 0.25) is 0 Å². The van der Waals surface area contributed by atoms with E-state index < -0.39 is 29.7 Å². The standard InChI is InChI=1S/C33H39N3O4/c1-6-21-36(31(38)28(22-25-16-9-7-10-17-25)35-32(39)40-33(3,4)5)29(27-20-14-13-15-24(27)2)30(37)34-23-26-18-11-8-12-19-26/h6-20,28-29H,1,21-23H2,2-5H3,(H,34,37)(H,35,39). The van der Waals surface area contributed by atoms with Crippen LogP contribution in [0.15, 0.2) is 97.6 Å². The van der Waals surface area contributed by atoms with Crippen molar-refractivity contribution in [1.29, 1.82) is 0 Å². The van der Waals surface area contributed by atoms with Gasteiger partial charge in [-0.25, -0.2) is 4.79 Å². The van der Waals surface area contributed by atoms with E-state index >= 15 is 0 Å². The Morgan fingerprint density at radius 1 is 0.900 bits per heavy atom. The average molecular weight is 542 g/mol. The van der Waals surface area contributed by atoms with Crippen molar-refractivity contribution in [2.24, 2.45) is 0 Å². The fourth-order valence-electron chi connectivity index (χ4n) is 4.39. The minimum Gasteiger partial charge on any atom is -0.444 e. The summed E-state index contributed by atoms with van der Waals surface area (Å²) >= 11 is 0. The van der Waals surface area contributed by atoms with Crippen LogP contribution in [-0.4, -0.2) is 41.0 Å². The molecule has 7 nitrogen and oxygen atoms in total. The zero-order chi connectivity index (χ0) is 29.1. The van der Waals surface area contributed by atoms with Gasteiger partial charge in [-0.15, -0.1) is 6.58 Å². The Balaban J connectivity index is 1.99. The molecule has 0 radical (unpaired) electrons. The normalized spacial score (nSPS) is 12.5. The Kier molecular flexibility index (Phi) is 10.6. The molecule has 0 saturated carbocycles. The van der Waals surface area contributed by atoms with E-state index in [4.69, 9.17) is 4.74 Å². The van der Waals surface area contributed by atoms with Crippen LogP contribution in [0, 0.1) is 6.92 Å². The summed E-state index contributed by atoms with van der Waals surface area (Å²) in [5, 5.41) is 5.76. The number of nitrogens with zero attached hydrogens (tertiary/aromatic N) is 1. The quantitative estimate of drug-likeness (QED) is 0.314. The lowest BCUT2D eigenvalue weighted by atomic mass is 9.97. The van der Waals surface area contributed by atoms with Crippen molar-refractivity contribution in [1.82, 2.24) is 15.5 Å². The van der Waals surface area contributed by atoms with E-state index in [1.54, 1.807) is 26.8 Å². The van der Waals surface area contributed by atoms with Crippen LogP contribution in [0.4, 0.5) is 4.79 Å². The predicted octanol–water partition coefficient (Wildman–Crippen LogP) is 5.50. The highest BCUT2D eigenvalue weighted by Gasteiger charge is 2.36. The van der Waals surface area contributed by atoms with Gasteiger partial charge in [0.1, 0.15) is 17.7 Å². The Morgan fingerprint density at radius 2 is 1.48 bits per heavy atom. The van der Waals surface area contributed by atoms with Crippen molar-refractivity contribution in [3.05, 3.63) is 120 Å². The number of alkyl carbamates (subject to hydrolysis) is 1. The minimum atomic E-state index is -0.981. The summed E-state index contributed by atoms with van der Waals surface area (Å²) in [4.78, 5) is 42.4. The van der Waals surface area contributed by atoms with Crippen molar-refractivity contribution >= 4 is 17.9 Å². The van der Waals surface area contributed by atoms with Crippen LogP contribution in [0.25, 0.3) is 0 Å². The van der Waals surface area contributed by atoms with Crippen molar-refractivity contribution in [2.45, 2.75) is 58.3 Å². The van der Waals surface area contributed by atoms with Crippen molar-refractivity contribution in [3.8, 4) is 0 Å². The Morgan fingerprint density at radius 3 is 2.05 bits per heavy atom. The fraction of sp³-hybridized carbons (Fsp3) is 0.303. The highest BCUT2D eigenvalue weighted by atomic mass is 16.6. The maximum absolute atomic E-state index is 14.3. The summed E-state index contributed by atoms with van der Waals surface area (Å²) in [6, 6.07) is 24.5. The molecule has 3 rings (SSSR count). The molecule has 3 aromatic carbocycles. The fourth-order valence-corrected chi connectivity index (χ4v) is 4.39. The smallest absolute Gasteiger partial charge is 0.408 e. The second kappa shape index (κ2) is 14.1. The van der Waals surface area contributed by atoms with Gasteiger partial charge in [-0.3, -0.25) is 9.59 Å². The minimum absolute atomic E-state index is 0.0951. The van der Waals surface area contributed by atoms with E-state index in [1.807, 2.05) is 91.9 Å². The first-order valence-corrected chi connectivity index (χ1v) is 13.4. The van der Waals surface area contributed by atoms with Gasteiger partial charge in [-0.1, -0.05) is 91.0 Å². The average Bonchev–Trinajstić information content (AvgIpc) is 2.92. The first-order valence-electron chi connectivity index (χ1n) is 13.4. The van der Waals surface area contributed by atoms with E-state index in [-0.39, 0.29) is 18.9 Å². The molecule has 2 N–H and O–H groups in total. The van der Waals surface area contributed by atoms with Crippen molar-refractivity contribution in [3.63, 3.8) is 0 Å². The zero-order valence-electron chi connectivity index (χ0n) is 23.7. The van der Waals surface area contributed by atoms with Gasteiger partial charge in [-0.2, -0.15) is 0 Å². The number of nitrogens with one attached hydrogen (secondary N) is 2. The summed E-state index contributed by atoms with van der Waals surface area (Å²) < 4.78 is 5.47. The van der Waals surface area contributed by atoms with Gasteiger partial charge in [0.25, 0.3) is 0 Å². The highest BCUT2D eigenvalue weighted by molar-refractivity contribution is 5.92. The first kappa shape index (κ1) is 30.2. The van der Waals surface area contributed by atoms with Gasteiger partial charge in [0.2, 0.25) is 11.8 Å². The predicted molar refractivity (Wildman–Crippen MR) is 157 cm³/mol. The molecule has 40 heavy (non-hydrogen) atoms. The second-order valence-electron chi connectivity index (χ2n) is 10.6. The Hall–Kier alpha value is -4.39. The third kappa shape index (κ3) is 8.83. The molecule has 3 amide bonds. The van der Waals surface area contributed by atoms with Gasteiger partial charge < -0.3 is 20.3 Å². The molecular weight excluding hydrogens is 502 g/mol. The number of hydrogen-bond acceptors (Lipinski definition) is 4. The SMILES string of the molecule is C=CCN(C(=O)C(Cc1ccccc1)NC(=O)OC(C)(C)C)C(C(=O)NCc1ccccc1)c1ccccc1C. The molecule has 0 saturated heterocycles. The molecule has 2 unspecified atom stereocenters. The summed E-state index contributed by atoms with van der Waals surface area (Å²) in [6.07, 6.45) is 1.10. The number of carbonyl (C=O) groups is 3. The molecule has 0 spiro atoms. The van der Waals surface area contributed by atoms with Crippen LogP contribution in [-0.2, 0) is 27.3 Å². The molecule has 210 valence electrons. The summed E-state index contributed by atoms with van der Waals surface area (Å²) in [6.45, 7) is 11.4. The lowest BCUT2D eigenvalue weighted by molar-refractivity contribution is -0.141. The molecule has 0 aromatic heterocycles. The zero-order valence-corrected chi connectivity index (χ0v) is 23.7. The third-order valence-electron chi connectivity index (χ3n) is 6.23. The first-order chi connectivity index (χ1) is 19.1. The maximum atomic E-state index is 14.3. The summed E-state index contributed by atoms with van der Waals surface area (Å²) in [7, 11) is 0. The van der Waals surface area contributed by atoms with Crippen LogP contribution >= 0.6 is 0 Å². The monoisotopic (exact) mass is 541 g/mol. The number of benzene rings is 3. The van der Waals surface area contributed by atoms with Gasteiger partial charge in [0.15, 0.2) is 0 Å². The summed E-state index contributed by atoms with van der Waals surface area (Å²) in [5.74, 6) is -0.748. The molecule has 2 atom stereocenters. The van der Waals surface area contributed by atoms with Crippen LogP contribution in [0.3, 0.4) is 0 Å². The van der Waals surface area contributed by atoms with E-state index in [2.05, 4.69) is 17.2 Å². The van der Waals surface area contributed by atoms with Gasteiger partial charge >= 0.3 is 6.09 Å². The molecule has 0 fully saturated rings.